The van der Waals surface area contributed by atoms with Crippen molar-refractivity contribution in [2.24, 2.45) is 18.5 Å². The minimum absolute atomic E-state index is 0.0961. The Morgan fingerprint density at radius 3 is 2.52 bits per heavy atom. The van der Waals surface area contributed by atoms with Crippen LogP contribution in [0.25, 0.3) is 33.2 Å². The van der Waals surface area contributed by atoms with E-state index < -0.39 is 0 Å². The lowest BCUT2D eigenvalue weighted by molar-refractivity contribution is 0.665. The Hall–Kier alpha value is -2.43. The minimum Gasteiger partial charge on any atom is -0.330 e. The minimum atomic E-state index is -0.0961. The highest BCUT2D eigenvalue weighted by atomic mass is 15.0. The summed E-state index contributed by atoms with van der Waals surface area (Å²) in [6, 6.07) is 16.5. The first-order chi connectivity index (χ1) is 11.2. The molecule has 4 N–H and O–H groups in total. The maximum absolute atomic E-state index is 6.52. The number of benzene rings is 2. The first-order valence-corrected chi connectivity index (χ1v) is 7.93. The van der Waals surface area contributed by atoms with Crippen LogP contribution in [0, 0.1) is 0 Å². The van der Waals surface area contributed by atoms with E-state index in [1.165, 1.54) is 5.39 Å². The number of aromatic nitrogens is 2. The van der Waals surface area contributed by atoms with Crippen LogP contribution in [0.2, 0.25) is 0 Å². The van der Waals surface area contributed by atoms with E-state index in [9.17, 15) is 0 Å². The molecular weight excluding hydrogens is 284 g/mol. The predicted molar refractivity (Wildman–Crippen MR) is 95.4 cm³/mol. The molecule has 0 spiro atoms. The van der Waals surface area contributed by atoms with E-state index in [0.717, 1.165) is 39.8 Å². The maximum atomic E-state index is 6.52. The normalized spacial score (nSPS) is 13.2. The number of aryl methyl sites for hydroxylation is 1. The van der Waals surface area contributed by atoms with E-state index in [0.29, 0.717) is 6.54 Å². The average Bonchev–Trinajstić information content (AvgIpc) is 2.95. The summed E-state index contributed by atoms with van der Waals surface area (Å²) in [4.78, 5) is 4.84. The Kier molecular flexibility index (Phi) is 3.29. The summed E-state index contributed by atoms with van der Waals surface area (Å²) in [6.45, 7) is 0.573. The van der Waals surface area contributed by atoms with Gasteiger partial charge in [-0.05, 0) is 30.7 Å². The summed E-state index contributed by atoms with van der Waals surface area (Å²) in [7, 11) is 2.06. The number of hydrogen-bond donors (Lipinski definition) is 2. The van der Waals surface area contributed by atoms with Crippen molar-refractivity contribution in [1.29, 1.82) is 0 Å². The molecular formula is C19H20N4. The fourth-order valence-electron chi connectivity index (χ4n) is 3.53. The van der Waals surface area contributed by atoms with Gasteiger partial charge in [0.2, 0.25) is 0 Å². The van der Waals surface area contributed by atoms with Crippen molar-refractivity contribution < 1.29 is 0 Å². The van der Waals surface area contributed by atoms with Crippen molar-refractivity contribution in [1.82, 2.24) is 9.55 Å². The van der Waals surface area contributed by atoms with Gasteiger partial charge in [0.05, 0.1) is 5.52 Å². The summed E-state index contributed by atoms with van der Waals surface area (Å²) in [6.07, 6.45) is 0.756. The molecule has 0 fully saturated rings. The van der Waals surface area contributed by atoms with Crippen LogP contribution in [0.5, 0.6) is 0 Å². The second-order valence-corrected chi connectivity index (χ2v) is 6.00. The van der Waals surface area contributed by atoms with E-state index in [2.05, 4.69) is 54.1 Å². The molecule has 0 aliphatic carbocycles. The number of nitrogens with zero attached hydrogens (tertiary/aromatic N) is 2. The molecule has 0 radical (unpaired) electrons. The lowest BCUT2D eigenvalue weighted by Gasteiger charge is -2.21. The Labute approximate surface area is 135 Å². The quantitative estimate of drug-likeness (QED) is 0.610. The van der Waals surface area contributed by atoms with Crippen molar-refractivity contribution in [2.75, 3.05) is 6.54 Å². The Morgan fingerprint density at radius 1 is 1.04 bits per heavy atom. The van der Waals surface area contributed by atoms with Crippen LogP contribution < -0.4 is 11.5 Å². The smallest absolute Gasteiger partial charge is 0.141 e. The van der Waals surface area contributed by atoms with Crippen LogP contribution in [0.4, 0.5) is 0 Å². The largest absolute Gasteiger partial charge is 0.330 e. The first-order valence-electron chi connectivity index (χ1n) is 7.93. The number of pyridine rings is 1. The number of nitrogens with two attached hydrogens (primary N) is 2. The molecule has 2 aliphatic rings. The van der Waals surface area contributed by atoms with Crippen molar-refractivity contribution in [3.63, 3.8) is 0 Å². The molecule has 1 atom stereocenters. The van der Waals surface area contributed by atoms with Crippen LogP contribution in [-0.4, -0.2) is 16.1 Å². The average molecular weight is 304 g/mol. The van der Waals surface area contributed by atoms with E-state index in [1.807, 2.05) is 6.07 Å². The van der Waals surface area contributed by atoms with Gasteiger partial charge < -0.3 is 16.0 Å². The third-order valence-corrected chi connectivity index (χ3v) is 4.61. The zero-order valence-corrected chi connectivity index (χ0v) is 13.2. The molecule has 2 aromatic carbocycles. The highest BCUT2D eigenvalue weighted by molar-refractivity contribution is 6.04. The van der Waals surface area contributed by atoms with Crippen LogP contribution in [0.1, 0.15) is 18.0 Å². The molecule has 0 bridgehead atoms. The summed E-state index contributed by atoms with van der Waals surface area (Å²) in [5.74, 6) is 0.979. The number of para-hydroxylation sites is 2. The van der Waals surface area contributed by atoms with E-state index in [1.54, 1.807) is 0 Å². The molecule has 2 aliphatic heterocycles. The summed E-state index contributed by atoms with van der Waals surface area (Å²) in [5.41, 5.74) is 16.8. The summed E-state index contributed by atoms with van der Waals surface area (Å²) >= 11 is 0. The van der Waals surface area contributed by atoms with Crippen molar-refractivity contribution >= 4 is 21.8 Å². The molecule has 116 valence electrons. The molecule has 2 aromatic rings. The van der Waals surface area contributed by atoms with Gasteiger partial charge in [0.1, 0.15) is 5.82 Å². The summed E-state index contributed by atoms with van der Waals surface area (Å²) < 4.78 is 2.16. The standard InChI is InChI=1S/C19H20N4/c1-23-16-9-5-3-7-13(16)17(14(21)10-11-20)18-12-6-2-4-8-15(12)22-19(18)23/h2-9,14H,10-11,20-21H2,1H3. The topological polar surface area (TPSA) is 69.9 Å². The second kappa shape index (κ2) is 5.33. The third kappa shape index (κ3) is 2.03. The van der Waals surface area contributed by atoms with Gasteiger partial charge in [-0.2, -0.15) is 0 Å². The molecule has 0 amide bonds. The molecule has 4 nitrogen and oxygen atoms in total. The summed E-state index contributed by atoms with van der Waals surface area (Å²) in [5, 5.41) is 2.34. The molecule has 0 aromatic heterocycles. The lowest BCUT2D eigenvalue weighted by atomic mass is 9.92. The van der Waals surface area contributed by atoms with Gasteiger partial charge in [0.25, 0.3) is 0 Å². The second-order valence-electron chi connectivity index (χ2n) is 6.00. The molecule has 23 heavy (non-hydrogen) atoms. The van der Waals surface area contributed by atoms with Crippen LogP contribution in [0.3, 0.4) is 0 Å². The van der Waals surface area contributed by atoms with Gasteiger partial charge in [-0.15, -0.1) is 0 Å². The molecule has 2 heterocycles. The van der Waals surface area contributed by atoms with E-state index in [-0.39, 0.29) is 6.04 Å². The monoisotopic (exact) mass is 304 g/mol. The Morgan fingerprint density at radius 2 is 1.74 bits per heavy atom. The maximum Gasteiger partial charge on any atom is 0.141 e. The van der Waals surface area contributed by atoms with Crippen LogP contribution >= 0.6 is 0 Å². The lowest BCUT2D eigenvalue weighted by Crippen LogP contribution is -2.18. The Bertz CT molecular complexity index is 970. The van der Waals surface area contributed by atoms with E-state index >= 15 is 0 Å². The van der Waals surface area contributed by atoms with Crippen molar-refractivity contribution in [3.8, 4) is 11.4 Å². The van der Waals surface area contributed by atoms with Gasteiger partial charge in [0.15, 0.2) is 0 Å². The molecule has 1 unspecified atom stereocenters. The zero-order valence-electron chi connectivity index (χ0n) is 13.2. The SMILES string of the molecule is Cn1c2nc3ccccc3c-2c(C(N)CCN)c2ccccc21. The number of hydrogen-bond acceptors (Lipinski definition) is 3. The van der Waals surface area contributed by atoms with Crippen molar-refractivity contribution in [2.45, 2.75) is 12.5 Å². The fourth-order valence-corrected chi connectivity index (χ4v) is 3.53. The van der Waals surface area contributed by atoms with Gasteiger partial charge in [-0.3, -0.25) is 0 Å². The van der Waals surface area contributed by atoms with Gasteiger partial charge in [-0.25, -0.2) is 4.98 Å². The molecule has 4 rings (SSSR count). The van der Waals surface area contributed by atoms with E-state index in [4.69, 9.17) is 16.5 Å². The third-order valence-electron chi connectivity index (χ3n) is 4.61. The molecule has 0 saturated carbocycles. The first kappa shape index (κ1) is 14.2. The van der Waals surface area contributed by atoms with Crippen LogP contribution in [-0.2, 0) is 7.05 Å². The van der Waals surface area contributed by atoms with Gasteiger partial charge in [0, 0.05) is 34.9 Å². The molecule has 4 heteroatoms. The highest BCUT2D eigenvalue weighted by Crippen LogP contribution is 2.41. The number of fused-ring (bicyclic) bond motifs is 4. The predicted octanol–water partition coefficient (Wildman–Crippen LogP) is 3.18. The highest BCUT2D eigenvalue weighted by Gasteiger charge is 2.24. The number of rotatable bonds is 3. The van der Waals surface area contributed by atoms with Crippen LogP contribution in [0.15, 0.2) is 48.5 Å². The zero-order chi connectivity index (χ0) is 16.0. The fraction of sp³-hybridized carbons (Fsp3) is 0.211. The van der Waals surface area contributed by atoms with Gasteiger partial charge in [-0.1, -0.05) is 36.4 Å². The van der Waals surface area contributed by atoms with Gasteiger partial charge >= 0.3 is 0 Å². The molecule has 0 saturated heterocycles. The Balaban J connectivity index is 2.22. The van der Waals surface area contributed by atoms with Crippen molar-refractivity contribution in [3.05, 3.63) is 54.1 Å².